The number of carbonyl (C=O) groups excluding carboxylic acids is 3. The number of likely N-dealkylation sites (tertiary alicyclic amines) is 1. The fraction of sp³-hybridized carbons (Fsp3) is 0.348. The highest BCUT2D eigenvalue weighted by atomic mass is 19.1. The van der Waals surface area contributed by atoms with E-state index in [-0.39, 0.29) is 42.5 Å². The second-order valence-electron chi connectivity index (χ2n) is 7.21. The van der Waals surface area contributed by atoms with E-state index in [1.807, 2.05) is 0 Å². The predicted octanol–water partition coefficient (Wildman–Crippen LogP) is 3.32. The molecule has 0 aromatic heterocycles. The molecule has 1 N–H and O–H groups in total. The van der Waals surface area contributed by atoms with Gasteiger partial charge in [-0.3, -0.25) is 9.59 Å². The Morgan fingerprint density at radius 1 is 1.06 bits per heavy atom. The number of hydrogen-bond donors (Lipinski definition) is 1. The minimum absolute atomic E-state index is 0.0317. The van der Waals surface area contributed by atoms with Crippen molar-refractivity contribution in [2.24, 2.45) is 0 Å². The van der Waals surface area contributed by atoms with Crippen LogP contribution in [-0.2, 0) is 16.0 Å². The monoisotopic (exact) mass is 428 g/mol. The van der Waals surface area contributed by atoms with Crippen LogP contribution in [0.2, 0.25) is 0 Å². The van der Waals surface area contributed by atoms with Gasteiger partial charge in [0.1, 0.15) is 11.6 Å². The average Bonchev–Trinajstić information content (AvgIpc) is 2.76. The minimum atomic E-state index is -0.795. The molecule has 1 fully saturated rings. The molecule has 1 heterocycles. The van der Waals surface area contributed by atoms with Gasteiger partial charge in [-0.1, -0.05) is 18.2 Å². The zero-order valence-electron chi connectivity index (χ0n) is 17.3. The Labute approximate surface area is 180 Å². The first-order valence-corrected chi connectivity index (χ1v) is 10.2. The van der Waals surface area contributed by atoms with Crippen molar-refractivity contribution in [3.63, 3.8) is 0 Å². The maximum Gasteiger partial charge on any atom is 0.513 e. The highest BCUT2D eigenvalue weighted by molar-refractivity contribution is 5.94. The Bertz CT molecular complexity index is 924. The summed E-state index contributed by atoms with van der Waals surface area (Å²) in [5, 5.41) is 2.96. The van der Waals surface area contributed by atoms with Gasteiger partial charge in [-0.25, -0.2) is 9.18 Å². The fourth-order valence-corrected chi connectivity index (χ4v) is 3.38. The van der Waals surface area contributed by atoms with Crippen LogP contribution in [0.1, 0.15) is 35.7 Å². The van der Waals surface area contributed by atoms with E-state index in [0.717, 1.165) is 0 Å². The van der Waals surface area contributed by atoms with Crippen molar-refractivity contribution in [1.82, 2.24) is 10.2 Å². The molecular formula is C23H25FN2O5. The topological polar surface area (TPSA) is 84.9 Å². The average molecular weight is 428 g/mol. The predicted molar refractivity (Wildman–Crippen MR) is 111 cm³/mol. The van der Waals surface area contributed by atoms with Crippen LogP contribution in [0.5, 0.6) is 5.75 Å². The molecule has 0 radical (unpaired) electrons. The van der Waals surface area contributed by atoms with Crippen LogP contribution < -0.4 is 10.1 Å². The van der Waals surface area contributed by atoms with Crippen molar-refractivity contribution in [2.75, 3.05) is 19.7 Å². The first kappa shape index (κ1) is 22.3. The van der Waals surface area contributed by atoms with Crippen molar-refractivity contribution in [2.45, 2.75) is 32.2 Å². The van der Waals surface area contributed by atoms with Gasteiger partial charge in [-0.05, 0) is 55.7 Å². The molecule has 0 saturated carbocycles. The maximum absolute atomic E-state index is 13.8. The summed E-state index contributed by atoms with van der Waals surface area (Å²) in [6.07, 6.45) is 0.484. The van der Waals surface area contributed by atoms with Crippen molar-refractivity contribution in [3.8, 4) is 5.75 Å². The zero-order valence-corrected chi connectivity index (χ0v) is 17.3. The molecule has 2 amide bonds. The van der Waals surface area contributed by atoms with Gasteiger partial charge in [0.05, 0.1) is 13.0 Å². The normalized spacial score (nSPS) is 14.1. The summed E-state index contributed by atoms with van der Waals surface area (Å²) in [5.74, 6) is -0.445. The quantitative estimate of drug-likeness (QED) is 0.564. The Kier molecular flexibility index (Phi) is 7.59. The van der Waals surface area contributed by atoms with E-state index < -0.39 is 6.16 Å². The molecule has 0 unspecified atom stereocenters. The highest BCUT2D eigenvalue weighted by Crippen LogP contribution is 2.16. The number of carbonyl (C=O) groups is 3. The summed E-state index contributed by atoms with van der Waals surface area (Å²) in [5.41, 5.74) is 0.826. The van der Waals surface area contributed by atoms with Gasteiger partial charge in [0, 0.05) is 24.7 Å². The molecular weight excluding hydrogens is 403 g/mol. The van der Waals surface area contributed by atoms with E-state index in [1.54, 1.807) is 42.2 Å². The molecule has 1 aliphatic rings. The lowest BCUT2D eigenvalue weighted by Crippen LogP contribution is -2.47. The van der Waals surface area contributed by atoms with Crippen LogP contribution in [0, 0.1) is 5.82 Å². The smallest absolute Gasteiger partial charge is 0.434 e. The van der Waals surface area contributed by atoms with Gasteiger partial charge < -0.3 is 19.7 Å². The highest BCUT2D eigenvalue weighted by Gasteiger charge is 2.24. The molecule has 2 aromatic rings. The molecule has 3 rings (SSSR count). The third kappa shape index (κ3) is 6.28. The molecule has 164 valence electrons. The van der Waals surface area contributed by atoms with Gasteiger partial charge in [0.15, 0.2) is 0 Å². The maximum atomic E-state index is 13.8. The summed E-state index contributed by atoms with van der Waals surface area (Å²) >= 11 is 0. The number of nitrogens with one attached hydrogen (secondary N) is 1. The lowest BCUT2D eigenvalue weighted by Gasteiger charge is -2.32. The number of benzene rings is 2. The molecule has 1 aliphatic heterocycles. The lowest BCUT2D eigenvalue weighted by atomic mass is 10.0. The Balaban J connectivity index is 1.46. The first-order valence-electron chi connectivity index (χ1n) is 10.2. The molecule has 0 atom stereocenters. The van der Waals surface area contributed by atoms with Crippen LogP contribution in [0.4, 0.5) is 9.18 Å². The van der Waals surface area contributed by atoms with E-state index >= 15 is 0 Å². The molecule has 1 saturated heterocycles. The molecule has 31 heavy (non-hydrogen) atoms. The summed E-state index contributed by atoms with van der Waals surface area (Å²) in [7, 11) is 0. The molecule has 0 bridgehead atoms. The summed E-state index contributed by atoms with van der Waals surface area (Å²) in [4.78, 5) is 37.9. The fourth-order valence-electron chi connectivity index (χ4n) is 3.38. The minimum Gasteiger partial charge on any atom is -0.434 e. The van der Waals surface area contributed by atoms with Crippen molar-refractivity contribution < 1.29 is 28.2 Å². The molecule has 8 heteroatoms. The number of nitrogens with zero attached hydrogens (tertiary/aromatic N) is 1. The van der Waals surface area contributed by atoms with Crippen LogP contribution >= 0.6 is 0 Å². The van der Waals surface area contributed by atoms with Crippen molar-refractivity contribution in [3.05, 3.63) is 65.5 Å². The molecule has 7 nitrogen and oxygen atoms in total. The number of halogens is 1. The summed E-state index contributed by atoms with van der Waals surface area (Å²) < 4.78 is 23.4. The second-order valence-corrected chi connectivity index (χ2v) is 7.21. The van der Waals surface area contributed by atoms with Gasteiger partial charge in [-0.15, -0.1) is 0 Å². The molecule has 0 spiro atoms. The van der Waals surface area contributed by atoms with Crippen LogP contribution in [0.15, 0.2) is 48.5 Å². The standard InChI is InChI=1S/C23H25FN2O5/c1-2-30-23(29)31-19-9-7-16(8-10-19)22(28)25-18-11-13-26(14-12-18)21(27)15-17-5-3-4-6-20(17)24/h3-10,18H,2,11-15H2,1H3,(H,25,28). The number of amides is 2. The number of ether oxygens (including phenoxy) is 2. The molecule has 0 aliphatic carbocycles. The van der Waals surface area contributed by atoms with Crippen molar-refractivity contribution in [1.29, 1.82) is 0 Å². The molecule has 2 aromatic carbocycles. The number of piperidine rings is 1. The number of hydrogen-bond acceptors (Lipinski definition) is 5. The van der Waals surface area contributed by atoms with Crippen LogP contribution in [-0.4, -0.2) is 48.6 Å². The van der Waals surface area contributed by atoms with E-state index in [4.69, 9.17) is 9.47 Å². The number of rotatable bonds is 6. The lowest BCUT2D eigenvalue weighted by molar-refractivity contribution is -0.131. The Morgan fingerprint density at radius 3 is 2.39 bits per heavy atom. The summed E-state index contributed by atoms with van der Waals surface area (Å²) in [6, 6.07) is 12.4. The van der Waals surface area contributed by atoms with Gasteiger partial charge in [-0.2, -0.15) is 0 Å². The van der Waals surface area contributed by atoms with Gasteiger partial charge in [0.2, 0.25) is 5.91 Å². The Hall–Kier alpha value is -3.42. The third-order valence-electron chi connectivity index (χ3n) is 5.06. The SMILES string of the molecule is CCOC(=O)Oc1ccc(C(=O)NC2CCN(C(=O)Cc3ccccc3F)CC2)cc1. The van der Waals surface area contributed by atoms with Gasteiger partial charge >= 0.3 is 6.16 Å². The van der Waals surface area contributed by atoms with Crippen molar-refractivity contribution >= 4 is 18.0 Å². The first-order chi connectivity index (χ1) is 15.0. The Morgan fingerprint density at radius 2 is 1.74 bits per heavy atom. The largest absolute Gasteiger partial charge is 0.513 e. The second kappa shape index (κ2) is 10.6. The van der Waals surface area contributed by atoms with E-state index in [9.17, 15) is 18.8 Å². The van der Waals surface area contributed by atoms with E-state index in [1.165, 1.54) is 18.2 Å². The van der Waals surface area contributed by atoms with E-state index in [2.05, 4.69) is 5.32 Å². The van der Waals surface area contributed by atoms with Gasteiger partial charge in [0.25, 0.3) is 5.91 Å². The third-order valence-corrected chi connectivity index (χ3v) is 5.06. The summed E-state index contributed by atoms with van der Waals surface area (Å²) in [6.45, 7) is 2.90. The van der Waals surface area contributed by atoms with Crippen LogP contribution in [0.25, 0.3) is 0 Å². The zero-order chi connectivity index (χ0) is 22.2. The van der Waals surface area contributed by atoms with Crippen LogP contribution in [0.3, 0.4) is 0 Å². The van der Waals surface area contributed by atoms with E-state index in [0.29, 0.717) is 37.1 Å².